The summed E-state index contributed by atoms with van der Waals surface area (Å²) >= 11 is 0. The van der Waals surface area contributed by atoms with Crippen LogP contribution in [0.4, 0.5) is 5.82 Å². The maximum atomic E-state index is 11.6. The molecule has 0 radical (unpaired) electrons. The molecule has 1 aromatic carbocycles. The number of carbonyl (C=O) groups is 1. The van der Waals surface area contributed by atoms with E-state index in [4.69, 9.17) is 5.11 Å². The second-order valence-corrected chi connectivity index (χ2v) is 4.94. The quantitative estimate of drug-likeness (QED) is 0.731. The van der Waals surface area contributed by atoms with E-state index >= 15 is 0 Å². The first kappa shape index (κ1) is 16.0. The number of nitrogens with zero attached hydrogens (tertiary/aromatic N) is 1. The largest absolute Gasteiger partial charge is 0.392 e. The van der Waals surface area contributed by atoms with E-state index in [-0.39, 0.29) is 12.5 Å². The van der Waals surface area contributed by atoms with Crippen LogP contribution >= 0.6 is 0 Å². The third-order valence-electron chi connectivity index (χ3n) is 3.29. The molecule has 2 rings (SSSR count). The van der Waals surface area contributed by atoms with Crippen LogP contribution in [-0.4, -0.2) is 29.1 Å². The van der Waals surface area contributed by atoms with Crippen molar-refractivity contribution in [2.24, 2.45) is 0 Å². The van der Waals surface area contributed by atoms with Gasteiger partial charge in [-0.1, -0.05) is 24.3 Å². The number of amides is 1. The SMILES string of the molecule is CCNC(=O)c1ccc(NCCc2ccc(CO)cc2)nc1. The maximum absolute atomic E-state index is 11.6. The molecular weight excluding hydrogens is 278 g/mol. The molecule has 0 aliphatic carbocycles. The predicted octanol–water partition coefficient (Wildman–Crippen LogP) is 1.98. The number of nitrogens with one attached hydrogen (secondary N) is 2. The van der Waals surface area contributed by atoms with Crippen LogP contribution in [0.3, 0.4) is 0 Å². The number of carbonyl (C=O) groups excluding carboxylic acids is 1. The van der Waals surface area contributed by atoms with Crippen LogP contribution in [0.25, 0.3) is 0 Å². The lowest BCUT2D eigenvalue weighted by Gasteiger charge is -2.07. The molecule has 1 aromatic heterocycles. The van der Waals surface area contributed by atoms with Gasteiger partial charge in [0.1, 0.15) is 5.82 Å². The van der Waals surface area contributed by atoms with E-state index in [0.29, 0.717) is 12.1 Å². The van der Waals surface area contributed by atoms with Crippen molar-refractivity contribution in [3.05, 3.63) is 59.3 Å². The van der Waals surface area contributed by atoms with Crippen molar-refractivity contribution in [2.75, 3.05) is 18.4 Å². The fourth-order valence-electron chi connectivity index (χ4n) is 2.04. The van der Waals surface area contributed by atoms with Crippen LogP contribution in [0.2, 0.25) is 0 Å². The fraction of sp³-hybridized carbons (Fsp3) is 0.294. The van der Waals surface area contributed by atoms with Crippen molar-refractivity contribution >= 4 is 11.7 Å². The number of anilines is 1. The molecule has 0 saturated heterocycles. The van der Waals surface area contributed by atoms with Gasteiger partial charge in [-0.2, -0.15) is 0 Å². The van der Waals surface area contributed by atoms with Gasteiger partial charge in [-0.3, -0.25) is 4.79 Å². The van der Waals surface area contributed by atoms with Crippen LogP contribution in [0, 0.1) is 0 Å². The summed E-state index contributed by atoms with van der Waals surface area (Å²) in [6.45, 7) is 3.31. The normalized spacial score (nSPS) is 10.3. The Kier molecular flexibility index (Phi) is 5.91. The molecule has 1 amide bonds. The fourth-order valence-corrected chi connectivity index (χ4v) is 2.04. The van der Waals surface area contributed by atoms with E-state index in [1.54, 1.807) is 18.3 Å². The molecule has 0 aliphatic rings. The summed E-state index contributed by atoms with van der Waals surface area (Å²) in [4.78, 5) is 15.9. The summed E-state index contributed by atoms with van der Waals surface area (Å²) in [5, 5.41) is 15.0. The number of benzene rings is 1. The lowest BCUT2D eigenvalue weighted by atomic mass is 10.1. The minimum Gasteiger partial charge on any atom is -0.392 e. The zero-order valence-electron chi connectivity index (χ0n) is 12.7. The van der Waals surface area contributed by atoms with Crippen LogP contribution < -0.4 is 10.6 Å². The number of aliphatic hydroxyl groups is 1. The molecule has 5 heteroatoms. The first-order chi connectivity index (χ1) is 10.7. The molecule has 116 valence electrons. The zero-order valence-corrected chi connectivity index (χ0v) is 12.7. The molecule has 1 heterocycles. The van der Waals surface area contributed by atoms with Crippen molar-refractivity contribution < 1.29 is 9.90 Å². The van der Waals surface area contributed by atoms with E-state index in [1.165, 1.54) is 5.56 Å². The summed E-state index contributed by atoms with van der Waals surface area (Å²) in [5.74, 6) is 0.644. The number of aliphatic hydroxyl groups excluding tert-OH is 1. The van der Waals surface area contributed by atoms with Crippen LogP contribution in [-0.2, 0) is 13.0 Å². The van der Waals surface area contributed by atoms with E-state index in [1.807, 2.05) is 31.2 Å². The van der Waals surface area contributed by atoms with Gasteiger partial charge in [-0.25, -0.2) is 4.98 Å². The Bertz CT molecular complexity index is 594. The third-order valence-corrected chi connectivity index (χ3v) is 3.29. The van der Waals surface area contributed by atoms with Crippen molar-refractivity contribution in [1.29, 1.82) is 0 Å². The maximum Gasteiger partial charge on any atom is 0.252 e. The van der Waals surface area contributed by atoms with Gasteiger partial charge in [0, 0.05) is 19.3 Å². The van der Waals surface area contributed by atoms with E-state index in [9.17, 15) is 4.79 Å². The topological polar surface area (TPSA) is 74.2 Å². The van der Waals surface area contributed by atoms with Crippen LogP contribution in [0.5, 0.6) is 0 Å². The Hall–Kier alpha value is -2.40. The Morgan fingerprint density at radius 3 is 2.45 bits per heavy atom. The average Bonchev–Trinajstić information content (AvgIpc) is 2.56. The Balaban J connectivity index is 1.82. The van der Waals surface area contributed by atoms with Crippen molar-refractivity contribution in [1.82, 2.24) is 10.3 Å². The standard InChI is InChI=1S/C17H21N3O2/c1-2-18-17(22)15-7-8-16(20-11-15)19-10-9-13-3-5-14(12-21)6-4-13/h3-8,11,21H,2,9-10,12H2,1H3,(H,18,22)(H,19,20). The highest BCUT2D eigenvalue weighted by molar-refractivity contribution is 5.93. The molecule has 0 bridgehead atoms. The zero-order chi connectivity index (χ0) is 15.8. The number of aromatic nitrogens is 1. The lowest BCUT2D eigenvalue weighted by Crippen LogP contribution is -2.22. The molecule has 5 nitrogen and oxygen atoms in total. The van der Waals surface area contributed by atoms with Gasteiger partial charge in [-0.15, -0.1) is 0 Å². The highest BCUT2D eigenvalue weighted by atomic mass is 16.3. The summed E-state index contributed by atoms with van der Waals surface area (Å²) < 4.78 is 0. The van der Waals surface area contributed by atoms with Gasteiger partial charge in [0.05, 0.1) is 12.2 Å². The van der Waals surface area contributed by atoms with Gasteiger partial charge in [0.2, 0.25) is 0 Å². The molecule has 0 fully saturated rings. The first-order valence-electron chi connectivity index (χ1n) is 7.39. The van der Waals surface area contributed by atoms with Crippen molar-refractivity contribution in [3.8, 4) is 0 Å². The monoisotopic (exact) mass is 299 g/mol. The minimum absolute atomic E-state index is 0.0698. The summed E-state index contributed by atoms with van der Waals surface area (Å²) in [6.07, 6.45) is 2.44. The van der Waals surface area contributed by atoms with E-state index < -0.39 is 0 Å². The summed E-state index contributed by atoms with van der Waals surface area (Å²) in [6, 6.07) is 11.4. The first-order valence-corrected chi connectivity index (χ1v) is 7.39. The second-order valence-electron chi connectivity index (χ2n) is 4.94. The molecule has 0 atom stereocenters. The molecule has 0 spiro atoms. The molecular formula is C17H21N3O2. The van der Waals surface area contributed by atoms with Gasteiger partial charge in [-0.05, 0) is 36.6 Å². The van der Waals surface area contributed by atoms with Crippen LogP contribution in [0.1, 0.15) is 28.4 Å². The molecule has 0 unspecified atom stereocenters. The predicted molar refractivity (Wildman–Crippen MR) is 86.8 cm³/mol. The third kappa shape index (κ3) is 4.56. The highest BCUT2D eigenvalue weighted by Crippen LogP contribution is 2.08. The smallest absolute Gasteiger partial charge is 0.252 e. The van der Waals surface area contributed by atoms with E-state index in [2.05, 4.69) is 15.6 Å². The molecule has 0 saturated carbocycles. The lowest BCUT2D eigenvalue weighted by molar-refractivity contribution is 0.0955. The number of pyridine rings is 1. The number of hydrogen-bond acceptors (Lipinski definition) is 4. The highest BCUT2D eigenvalue weighted by Gasteiger charge is 2.04. The van der Waals surface area contributed by atoms with Gasteiger partial charge >= 0.3 is 0 Å². The molecule has 3 N–H and O–H groups in total. The Morgan fingerprint density at radius 2 is 1.86 bits per heavy atom. The Labute approximate surface area is 130 Å². The van der Waals surface area contributed by atoms with Gasteiger partial charge in [0.25, 0.3) is 5.91 Å². The van der Waals surface area contributed by atoms with Crippen molar-refractivity contribution in [2.45, 2.75) is 20.0 Å². The van der Waals surface area contributed by atoms with Gasteiger partial charge < -0.3 is 15.7 Å². The molecule has 0 aliphatic heterocycles. The van der Waals surface area contributed by atoms with Crippen LogP contribution in [0.15, 0.2) is 42.6 Å². The van der Waals surface area contributed by atoms with Crippen molar-refractivity contribution in [3.63, 3.8) is 0 Å². The van der Waals surface area contributed by atoms with E-state index in [0.717, 1.165) is 24.3 Å². The average molecular weight is 299 g/mol. The Morgan fingerprint density at radius 1 is 1.14 bits per heavy atom. The number of hydrogen-bond donors (Lipinski definition) is 3. The minimum atomic E-state index is -0.106. The number of rotatable bonds is 7. The summed E-state index contributed by atoms with van der Waals surface area (Å²) in [7, 11) is 0. The summed E-state index contributed by atoms with van der Waals surface area (Å²) in [5.41, 5.74) is 2.68. The van der Waals surface area contributed by atoms with Gasteiger partial charge in [0.15, 0.2) is 0 Å². The molecule has 2 aromatic rings. The second kappa shape index (κ2) is 8.14. The molecule has 22 heavy (non-hydrogen) atoms.